The second kappa shape index (κ2) is 39.9. The molecule has 0 saturated carbocycles. The molecule has 0 aromatic rings. The van der Waals surface area contributed by atoms with Gasteiger partial charge in [0.25, 0.3) is 5.79 Å². The largest absolute Gasteiger partial charge is 0.477 e. The molecule has 3 aliphatic heterocycles. The third kappa shape index (κ3) is 24.2. The lowest BCUT2D eigenvalue weighted by Crippen LogP contribution is -2.70. The summed E-state index contributed by atoms with van der Waals surface area (Å²) in [7, 11) is 0. The normalized spacial score (nSPS) is 30.7. The van der Waals surface area contributed by atoms with Gasteiger partial charge in [-0.3, -0.25) is 9.59 Å². The second-order valence-corrected chi connectivity index (χ2v) is 22.2. The Kier molecular flexibility index (Phi) is 35.8. The minimum absolute atomic E-state index is 0.204. The molecular formula is C57H104N2O21. The molecule has 3 heterocycles. The van der Waals surface area contributed by atoms with Gasteiger partial charge in [-0.1, -0.05) is 167 Å². The number of carboxylic acids is 1. The van der Waals surface area contributed by atoms with Crippen molar-refractivity contribution < 1.29 is 104 Å². The van der Waals surface area contributed by atoms with Crippen LogP contribution in [0.15, 0.2) is 12.2 Å². The van der Waals surface area contributed by atoms with Gasteiger partial charge in [0.2, 0.25) is 11.8 Å². The summed E-state index contributed by atoms with van der Waals surface area (Å²) in [5.74, 6) is -6.14. The highest BCUT2D eigenvalue weighted by Gasteiger charge is 2.60. The van der Waals surface area contributed by atoms with Gasteiger partial charge in [-0.15, -0.1) is 0 Å². The van der Waals surface area contributed by atoms with Crippen LogP contribution in [0, 0.1) is 0 Å². The Balaban J connectivity index is 1.69. The van der Waals surface area contributed by atoms with Crippen molar-refractivity contribution in [2.75, 3.05) is 26.4 Å². The van der Waals surface area contributed by atoms with E-state index in [1.54, 1.807) is 6.08 Å². The molecule has 3 aliphatic rings. The maximum absolute atomic E-state index is 13.3. The molecule has 468 valence electrons. The number of allylic oxidation sites excluding steroid dienone is 1. The number of aliphatic carboxylic acids is 1. The molecule has 23 nitrogen and oxygen atoms in total. The van der Waals surface area contributed by atoms with E-state index in [1.165, 1.54) is 103 Å². The number of carbonyl (C=O) groups excluding carboxylic acids is 2. The van der Waals surface area contributed by atoms with Crippen molar-refractivity contribution in [1.29, 1.82) is 0 Å². The molecule has 3 rings (SSSR count). The van der Waals surface area contributed by atoms with Crippen molar-refractivity contribution in [3.63, 3.8) is 0 Å². The maximum Gasteiger partial charge on any atom is 0.364 e. The minimum Gasteiger partial charge on any atom is -0.477 e. The first-order valence-electron chi connectivity index (χ1n) is 30.1. The zero-order valence-corrected chi connectivity index (χ0v) is 47.9. The number of aliphatic hydroxyl groups is 11. The smallest absolute Gasteiger partial charge is 0.364 e. The number of amides is 2. The monoisotopic (exact) mass is 1150 g/mol. The van der Waals surface area contributed by atoms with Crippen molar-refractivity contribution in [2.24, 2.45) is 0 Å². The molecule has 3 fully saturated rings. The third-order valence-corrected chi connectivity index (χ3v) is 15.5. The van der Waals surface area contributed by atoms with E-state index in [1.807, 2.05) is 6.08 Å². The number of carboxylic acid groups (broad SMARTS) is 1. The number of hydrogen-bond donors (Lipinski definition) is 14. The summed E-state index contributed by atoms with van der Waals surface area (Å²) in [6.45, 7) is 2.08. The molecule has 80 heavy (non-hydrogen) atoms. The van der Waals surface area contributed by atoms with E-state index in [0.717, 1.165) is 51.9 Å². The number of carbonyl (C=O) groups is 3. The van der Waals surface area contributed by atoms with E-state index in [4.69, 9.17) is 28.4 Å². The van der Waals surface area contributed by atoms with Gasteiger partial charge in [0.15, 0.2) is 12.6 Å². The van der Waals surface area contributed by atoms with Gasteiger partial charge in [0, 0.05) is 19.8 Å². The van der Waals surface area contributed by atoms with Gasteiger partial charge >= 0.3 is 5.97 Å². The molecule has 14 N–H and O–H groups in total. The summed E-state index contributed by atoms with van der Waals surface area (Å²) < 4.78 is 34.6. The number of ether oxygens (including phenoxy) is 6. The van der Waals surface area contributed by atoms with E-state index in [9.17, 15) is 75.7 Å². The summed E-state index contributed by atoms with van der Waals surface area (Å²) in [6.07, 6.45) is 2.84. The molecule has 0 aromatic heterocycles. The summed E-state index contributed by atoms with van der Waals surface area (Å²) in [6, 6.07) is -2.61. The zero-order chi connectivity index (χ0) is 59.0. The van der Waals surface area contributed by atoms with Crippen molar-refractivity contribution >= 4 is 17.8 Å². The zero-order valence-electron chi connectivity index (χ0n) is 47.9. The Morgan fingerprint density at radius 1 is 0.650 bits per heavy atom. The number of rotatable bonds is 43. The van der Waals surface area contributed by atoms with E-state index >= 15 is 0 Å². The molecule has 0 spiro atoms. The highest BCUT2D eigenvalue weighted by Crippen LogP contribution is 2.38. The van der Waals surface area contributed by atoms with Crippen LogP contribution in [0.1, 0.15) is 194 Å². The first-order valence-corrected chi connectivity index (χ1v) is 30.1. The molecule has 2 amide bonds. The van der Waals surface area contributed by atoms with Crippen LogP contribution < -0.4 is 10.6 Å². The number of unbranched alkanes of at least 4 members (excludes halogenated alkanes) is 23. The van der Waals surface area contributed by atoms with Gasteiger partial charge in [-0.2, -0.15) is 0 Å². The van der Waals surface area contributed by atoms with Crippen LogP contribution in [-0.2, 0) is 42.8 Å². The van der Waals surface area contributed by atoms with Crippen molar-refractivity contribution in [2.45, 2.75) is 304 Å². The minimum atomic E-state index is -3.08. The van der Waals surface area contributed by atoms with Crippen LogP contribution in [0.25, 0.3) is 0 Å². The summed E-state index contributed by atoms with van der Waals surface area (Å²) in [5, 5.41) is 135. The van der Waals surface area contributed by atoms with Gasteiger partial charge in [0.05, 0.1) is 50.7 Å². The lowest BCUT2D eigenvalue weighted by Gasteiger charge is -2.50. The van der Waals surface area contributed by atoms with E-state index in [0.29, 0.717) is 12.8 Å². The van der Waals surface area contributed by atoms with Crippen LogP contribution in [0.4, 0.5) is 0 Å². The van der Waals surface area contributed by atoms with E-state index in [-0.39, 0.29) is 12.3 Å². The molecule has 18 atom stereocenters. The molecular weight excluding hydrogens is 1050 g/mol. The molecule has 0 aromatic carbocycles. The first kappa shape index (κ1) is 71.7. The average Bonchev–Trinajstić information content (AvgIpc) is 3.47. The Morgan fingerprint density at radius 2 is 1.16 bits per heavy atom. The SMILES string of the molecule is CCCCCCCCCCCCC/C=C/C(O)C(COC1OC(CO)C(OC2OC(CO)C(O)C(OC3(C(=O)O)CC(O)C(NC(C)=O)C(C(O)C(O)CO)O3)C2O)C(O)C1O)NC(=O)CCCCCCCCCCCCCCC. The highest BCUT2D eigenvalue weighted by molar-refractivity contribution is 5.77. The fraction of sp³-hybridized carbons (Fsp3) is 0.912. The number of aliphatic hydroxyl groups excluding tert-OH is 11. The summed E-state index contributed by atoms with van der Waals surface area (Å²) in [4.78, 5) is 38.3. The Labute approximate surface area is 473 Å². The van der Waals surface area contributed by atoms with Gasteiger partial charge < -0.3 is 100 Å². The Hall–Kier alpha value is -2.53. The summed E-state index contributed by atoms with van der Waals surface area (Å²) in [5.41, 5.74) is 0. The van der Waals surface area contributed by atoms with Crippen molar-refractivity contribution in [1.82, 2.24) is 10.6 Å². The Morgan fingerprint density at radius 3 is 1.66 bits per heavy atom. The van der Waals surface area contributed by atoms with Crippen LogP contribution >= 0.6 is 0 Å². The molecule has 0 radical (unpaired) electrons. The van der Waals surface area contributed by atoms with Gasteiger partial charge in [0.1, 0.15) is 67.1 Å². The topological polar surface area (TPSA) is 373 Å². The van der Waals surface area contributed by atoms with E-state index in [2.05, 4.69) is 24.5 Å². The standard InChI is InChI=1S/C57H104N2O21/c1-4-6-8-10-12-14-16-18-20-22-24-26-28-30-39(64)38(59-44(67)31-29-27-25-23-21-19-17-15-13-11-9-7-5-2)36-75-54-49(71)48(70)51(43(35-62)77-54)78-55-50(72)53(47(69)42(34-61)76-55)80-57(56(73)74)32-40(65)45(58-37(3)63)52(79-57)46(68)41(66)33-60/h28,30,38-43,45-55,60-62,64-66,68-72H,4-27,29,31-36H2,1-3H3,(H,58,63)(H,59,67)(H,73,74)/b30-28+. The second-order valence-electron chi connectivity index (χ2n) is 22.2. The lowest BCUT2D eigenvalue weighted by atomic mass is 9.88. The molecule has 23 heteroatoms. The van der Waals surface area contributed by atoms with Crippen molar-refractivity contribution in [3.05, 3.63) is 12.2 Å². The fourth-order valence-electron chi connectivity index (χ4n) is 10.6. The number of nitrogens with one attached hydrogen (secondary N) is 2. The molecule has 3 saturated heterocycles. The van der Waals surface area contributed by atoms with Gasteiger partial charge in [-0.05, 0) is 19.3 Å². The van der Waals surface area contributed by atoms with Crippen LogP contribution in [0.2, 0.25) is 0 Å². The van der Waals surface area contributed by atoms with Crippen LogP contribution in [0.5, 0.6) is 0 Å². The molecule has 18 unspecified atom stereocenters. The lowest BCUT2D eigenvalue weighted by molar-refractivity contribution is -0.386. The number of hydrogen-bond acceptors (Lipinski definition) is 20. The van der Waals surface area contributed by atoms with Crippen molar-refractivity contribution in [3.8, 4) is 0 Å². The predicted octanol–water partition coefficient (Wildman–Crippen LogP) is 2.39. The van der Waals surface area contributed by atoms with Crippen LogP contribution in [-0.4, -0.2) is 215 Å². The summed E-state index contributed by atoms with van der Waals surface area (Å²) >= 11 is 0. The van der Waals surface area contributed by atoms with E-state index < -0.39 is 155 Å². The fourth-order valence-corrected chi connectivity index (χ4v) is 10.6. The predicted molar refractivity (Wildman–Crippen MR) is 292 cm³/mol. The quantitative estimate of drug-likeness (QED) is 0.0308. The third-order valence-electron chi connectivity index (χ3n) is 15.5. The van der Waals surface area contributed by atoms with Gasteiger partial charge in [-0.25, -0.2) is 4.79 Å². The molecule has 0 bridgehead atoms. The molecule has 0 aliphatic carbocycles. The van der Waals surface area contributed by atoms with Crippen LogP contribution in [0.3, 0.4) is 0 Å². The highest BCUT2D eigenvalue weighted by atomic mass is 16.8. The average molecular weight is 1150 g/mol. The Bertz CT molecular complexity index is 1700. The maximum atomic E-state index is 13.3. The first-order chi connectivity index (χ1) is 38.4.